The predicted molar refractivity (Wildman–Crippen MR) is 80.7 cm³/mol. The number of guanidine groups is 1. The van der Waals surface area contributed by atoms with Crippen molar-refractivity contribution >= 4 is 5.96 Å². The van der Waals surface area contributed by atoms with E-state index in [9.17, 15) is 0 Å². The quantitative estimate of drug-likeness (QED) is 0.413. The highest BCUT2D eigenvalue weighted by molar-refractivity contribution is 5.79. The summed E-state index contributed by atoms with van der Waals surface area (Å²) in [5.41, 5.74) is 0. The van der Waals surface area contributed by atoms with E-state index in [2.05, 4.69) is 41.3 Å². The van der Waals surface area contributed by atoms with Crippen LogP contribution in [0.4, 0.5) is 0 Å². The third-order valence-electron chi connectivity index (χ3n) is 3.03. The number of nitrogens with one attached hydrogen (secondary N) is 2. The second kappa shape index (κ2) is 10.0. The number of morpholine rings is 1. The van der Waals surface area contributed by atoms with E-state index in [1.165, 1.54) is 13.0 Å². The second-order valence-corrected chi connectivity index (χ2v) is 5.22. The molecule has 1 aliphatic rings. The van der Waals surface area contributed by atoms with Crippen molar-refractivity contribution in [3.8, 4) is 0 Å². The van der Waals surface area contributed by atoms with Gasteiger partial charge in [-0.2, -0.15) is 0 Å². The van der Waals surface area contributed by atoms with Gasteiger partial charge in [0.05, 0.1) is 13.2 Å². The normalized spacial score (nSPS) is 17.8. The highest BCUT2D eigenvalue weighted by Gasteiger charge is 2.08. The first kappa shape index (κ1) is 16.2. The Morgan fingerprint density at radius 3 is 2.63 bits per heavy atom. The van der Waals surface area contributed by atoms with Gasteiger partial charge in [-0.1, -0.05) is 0 Å². The van der Waals surface area contributed by atoms with Crippen LogP contribution in [-0.4, -0.2) is 62.8 Å². The van der Waals surface area contributed by atoms with Crippen molar-refractivity contribution in [3.63, 3.8) is 0 Å². The summed E-state index contributed by atoms with van der Waals surface area (Å²) in [6.45, 7) is 13.3. The first-order valence-corrected chi connectivity index (χ1v) is 7.57. The molecule has 0 spiro atoms. The lowest BCUT2D eigenvalue weighted by atomic mass is 10.3. The van der Waals surface area contributed by atoms with Gasteiger partial charge in [-0.05, 0) is 40.2 Å². The number of nitrogens with zero attached hydrogens (tertiary/aromatic N) is 2. The molecule has 1 fully saturated rings. The Morgan fingerprint density at radius 1 is 1.26 bits per heavy atom. The van der Waals surface area contributed by atoms with Gasteiger partial charge in [0.2, 0.25) is 0 Å². The molecule has 0 aromatic rings. The Bertz CT molecular complexity index is 250. The maximum Gasteiger partial charge on any atom is 0.191 e. The number of ether oxygens (including phenoxy) is 1. The van der Waals surface area contributed by atoms with Crippen LogP contribution in [0.15, 0.2) is 4.99 Å². The van der Waals surface area contributed by atoms with Gasteiger partial charge >= 0.3 is 0 Å². The van der Waals surface area contributed by atoms with Crippen LogP contribution in [0.1, 0.15) is 33.6 Å². The molecule has 0 atom stereocenters. The standard InChI is InChI=1S/C14H30N4O/c1-4-15-14(17-13(2)3)16-7-5-6-8-18-9-11-19-12-10-18/h13H,4-12H2,1-3H3,(H2,15,16,17). The van der Waals surface area contributed by atoms with Crippen molar-refractivity contribution in [1.29, 1.82) is 0 Å². The summed E-state index contributed by atoms with van der Waals surface area (Å²) < 4.78 is 5.34. The fourth-order valence-corrected chi connectivity index (χ4v) is 2.06. The van der Waals surface area contributed by atoms with Gasteiger partial charge in [-0.3, -0.25) is 9.89 Å². The zero-order chi connectivity index (χ0) is 13.9. The molecule has 0 saturated carbocycles. The van der Waals surface area contributed by atoms with Crippen LogP contribution in [0, 0.1) is 0 Å². The predicted octanol–water partition coefficient (Wildman–Crippen LogP) is 1.06. The molecule has 1 heterocycles. The first-order valence-electron chi connectivity index (χ1n) is 7.57. The van der Waals surface area contributed by atoms with Crippen molar-refractivity contribution in [2.45, 2.75) is 39.7 Å². The van der Waals surface area contributed by atoms with E-state index in [4.69, 9.17) is 4.74 Å². The average molecular weight is 270 g/mol. The smallest absolute Gasteiger partial charge is 0.191 e. The van der Waals surface area contributed by atoms with Crippen molar-refractivity contribution < 1.29 is 4.74 Å². The molecule has 0 radical (unpaired) electrons. The lowest BCUT2D eigenvalue weighted by Crippen LogP contribution is -2.41. The summed E-state index contributed by atoms with van der Waals surface area (Å²) in [5.74, 6) is 0.934. The van der Waals surface area contributed by atoms with Crippen molar-refractivity contribution in [1.82, 2.24) is 15.5 Å². The Labute approximate surface area is 117 Å². The highest BCUT2D eigenvalue weighted by atomic mass is 16.5. The molecule has 0 aromatic carbocycles. The van der Waals surface area contributed by atoms with Gasteiger partial charge < -0.3 is 15.4 Å². The van der Waals surface area contributed by atoms with E-state index in [1.807, 2.05) is 0 Å². The first-order chi connectivity index (χ1) is 9.22. The summed E-state index contributed by atoms with van der Waals surface area (Å²) in [6.07, 6.45) is 2.36. The van der Waals surface area contributed by atoms with Crippen LogP contribution in [0.25, 0.3) is 0 Å². The monoisotopic (exact) mass is 270 g/mol. The van der Waals surface area contributed by atoms with Gasteiger partial charge in [-0.15, -0.1) is 0 Å². The van der Waals surface area contributed by atoms with Crippen molar-refractivity contribution in [2.75, 3.05) is 45.9 Å². The summed E-state index contributed by atoms with van der Waals surface area (Å²) in [7, 11) is 0. The molecule has 1 aliphatic heterocycles. The summed E-state index contributed by atoms with van der Waals surface area (Å²) >= 11 is 0. The molecule has 2 N–H and O–H groups in total. The minimum Gasteiger partial charge on any atom is -0.379 e. The number of unbranched alkanes of at least 4 members (excludes halogenated alkanes) is 1. The molecule has 0 amide bonds. The highest BCUT2D eigenvalue weighted by Crippen LogP contribution is 2.00. The molecule has 0 unspecified atom stereocenters. The Balaban J connectivity index is 2.11. The van der Waals surface area contributed by atoms with Crippen LogP contribution in [0.2, 0.25) is 0 Å². The summed E-state index contributed by atoms with van der Waals surface area (Å²) in [6, 6.07) is 0.422. The Hall–Kier alpha value is -0.810. The van der Waals surface area contributed by atoms with Gasteiger partial charge in [-0.25, -0.2) is 0 Å². The second-order valence-electron chi connectivity index (χ2n) is 5.22. The molecular formula is C14H30N4O. The fraction of sp³-hybridized carbons (Fsp3) is 0.929. The van der Waals surface area contributed by atoms with Crippen molar-refractivity contribution in [2.24, 2.45) is 4.99 Å². The van der Waals surface area contributed by atoms with Crippen LogP contribution in [0.3, 0.4) is 0 Å². The number of hydrogen-bond acceptors (Lipinski definition) is 3. The van der Waals surface area contributed by atoms with E-state index >= 15 is 0 Å². The van der Waals surface area contributed by atoms with Gasteiger partial charge in [0, 0.05) is 32.2 Å². The molecule has 5 nitrogen and oxygen atoms in total. The van der Waals surface area contributed by atoms with Crippen LogP contribution >= 0.6 is 0 Å². The number of rotatable bonds is 7. The van der Waals surface area contributed by atoms with E-state index in [1.54, 1.807) is 0 Å². The lowest BCUT2D eigenvalue weighted by Gasteiger charge is -2.26. The zero-order valence-electron chi connectivity index (χ0n) is 12.7. The average Bonchev–Trinajstić information content (AvgIpc) is 2.39. The Morgan fingerprint density at radius 2 is 2.00 bits per heavy atom. The third-order valence-corrected chi connectivity index (χ3v) is 3.03. The van der Waals surface area contributed by atoms with Gasteiger partial charge in [0.25, 0.3) is 0 Å². The van der Waals surface area contributed by atoms with Crippen LogP contribution in [0.5, 0.6) is 0 Å². The SMILES string of the molecule is CCNC(=NCCCCN1CCOCC1)NC(C)C. The Kier molecular flexibility index (Phi) is 8.58. The van der Waals surface area contributed by atoms with Crippen LogP contribution < -0.4 is 10.6 Å². The number of hydrogen-bond donors (Lipinski definition) is 2. The zero-order valence-corrected chi connectivity index (χ0v) is 12.7. The molecule has 5 heteroatoms. The lowest BCUT2D eigenvalue weighted by molar-refractivity contribution is 0.0373. The molecular weight excluding hydrogens is 240 g/mol. The molecule has 0 aliphatic carbocycles. The van der Waals surface area contributed by atoms with Gasteiger partial charge in [0.1, 0.15) is 0 Å². The van der Waals surface area contributed by atoms with Crippen LogP contribution in [-0.2, 0) is 4.74 Å². The molecule has 112 valence electrons. The van der Waals surface area contributed by atoms with E-state index < -0.39 is 0 Å². The molecule has 1 saturated heterocycles. The molecule has 19 heavy (non-hydrogen) atoms. The van der Waals surface area contributed by atoms with E-state index in [0.29, 0.717) is 6.04 Å². The number of aliphatic imine (C=N–C) groups is 1. The fourth-order valence-electron chi connectivity index (χ4n) is 2.06. The molecule has 0 bridgehead atoms. The molecule has 0 aromatic heterocycles. The van der Waals surface area contributed by atoms with Crippen molar-refractivity contribution in [3.05, 3.63) is 0 Å². The maximum absolute atomic E-state index is 5.34. The minimum absolute atomic E-state index is 0.422. The van der Waals surface area contributed by atoms with E-state index in [0.717, 1.165) is 51.8 Å². The summed E-state index contributed by atoms with van der Waals surface area (Å²) in [4.78, 5) is 7.06. The van der Waals surface area contributed by atoms with Gasteiger partial charge in [0.15, 0.2) is 5.96 Å². The topological polar surface area (TPSA) is 48.9 Å². The van der Waals surface area contributed by atoms with E-state index in [-0.39, 0.29) is 0 Å². The summed E-state index contributed by atoms with van der Waals surface area (Å²) in [5, 5.41) is 6.60. The largest absolute Gasteiger partial charge is 0.379 e. The minimum atomic E-state index is 0.422. The molecule has 1 rings (SSSR count). The third kappa shape index (κ3) is 8.06. The maximum atomic E-state index is 5.34.